The van der Waals surface area contributed by atoms with E-state index in [1.807, 2.05) is 18.2 Å². The molecule has 1 nitrogen and oxygen atoms in total. The average Bonchev–Trinajstić information content (AvgIpc) is 1.89. The Labute approximate surface area is 60.8 Å². The zero-order valence-electron chi connectivity index (χ0n) is 5.08. The maximum Gasteiger partial charge on any atom is 0.0654 e. The highest BCUT2D eigenvalue weighted by molar-refractivity contribution is 7.78. The van der Waals surface area contributed by atoms with E-state index in [-0.39, 0.29) is 0 Å². The molecule has 2 heteroatoms. The third-order valence-electron chi connectivity index (χ3n) is 0.619. The zero-order chi connectivity index (χ0) is 6.95. The van der Waals surface area contributed by atoms with Crippen molar-refractivity contribution in [1.82, 2.24) is 5.32 Å². The van der Waals surface area contributed by atoms with E-state index < -0.39 is 0 Å². The average molecular weight is 139 g/mol. The molecule has 0 saturated carbocycles. The van der Waals surface area contributed by atoms with Crippen molar-refractivity contribution in [3.63, 3.8) is 0 Å². The second kappa shape index (κ2) is 7.11. The first-order valence-corrected chi connectivity index (χ1v) is 3.03. The van der Waals surface area contributed by atoms with Crippen LogP contribution < -0.4 is 5.32 Å². The standard InChI is InChI=1S/C7H9NS/c1-2-3-4-5-6-8-7-9/h2-7H,1H2,(H,8,9)/b4-3-,6-5+. The normalized spacial score (nSPS) is 10.2. The molecule has 0 rings (SSSR count). The van der Waals surface area contributed by atoms with Crippen molar-refractivity contribution >= 4 is 17.7 Å². The van der Waals surface area contributed by atoms with Gasteiger partial charge in [-0.15, -0.1) is 0 Å². The minimum absolute atomic E-state index is 1.44. The molecule has 1 N–H and O–H groups in total. The molecule has 0 aliphatic heterocycles. The van der Waals surface area contributed by atoms with Crippen LogP contribution in [0.4, 0.5) is 0 Å². The molecule has 0 radical (unpaired) electrons. The van der Waals surface area contributed by atoms with Crippen molar-refractivity contribution in [3.05, 3.63) is 37.1 Å². The fraction of sp³-hybridized carbons (Fsp3) is 0. The third kappa shape index (κ3) is 7.11. The Balaban J connectivity index is 3.33. The van der Waals surface area contributed by atoms with Crippen LogP contribution in [0.15, 0.2) is 37.1 Å². The van der Waals surface area contributed by atoms with E-state index in [4.69, 9.17) is 0 Å². The van der Waals surface area contributed by atoms with Gasteiger partial charge in [0, 0.05) is 6.20 Å². The number of nitrogens with one attached hydrogen (secondary N) is 1. The Bertz CT molecular complexity index is 136. The summed E-state index contributed by atoms with van der Waals surface area (Å²) in [6.45, 7) is 3.51. The SMILES string of the molecule is C=C/C=C\C=C\NC=S. The van der Waals surface area contributed by atoms with E-state index >= 15 is 0 Å². The maximum absolute atomic E-state index is 4.50. The molecule has 0 aromatic rings. The number of allylic oxidation sites excluding steroid dienone is 4. The largest absolute Gasteiger partial charge is 0.359 e. The lowest BCUT2D eigenvalue weighted by atomic mass is 10.5. The lowest BCUT2D eigenvalue weighted by Crippen LogP contribution is -1.95. The van der Waals surface area contributed by atoms with E-state index in [0.717, 1.165) is 0 Å². The Morgan fingerprint density at radius 2 is 2.00 bits per heavy atom. The molecular formula is C7H9NS. The van der Waals surface area contributed by atoms with Crippen molar-refractivity contribution < 1.29 is 0 Å². The van der Waals surface area contributed by atoms with Gasteiger partial charge in [0.15, 0.2) is 0 Å². The van der Waals surface area contributed by atoms with E-state index in [1.165, 1.54) is 5.49 Å². The monoisotopic (exact) mass is 139 g/mol. The second-order valence-corrected chi connectivity index (χ2v) is 1.50. The van der Waals surface area contributed by atoms with Gasteiger partial charge in [-0.2, -0.15) is 0 Å². The summed E-state index contributed by atoms with van der Waals surface area (Å²) in [5, 5.41) is 2.73. The Morgan fingerprint density at radius 1 is 1.22 bits per heavy atom. The summed E-state index contributed by atoms with van der Waals surface area (Å²) in [7, 11) is 0. The molecule has 0 spiro atoms. The summed E-state index contributed by atoms with van der Waals surface area (Å²) in [5.41, 5.74) is 1.44. The van der Waals surface area contributed by atoms with Crippen molar-refractivity contribution in [1.29, 1.82) is 0 Å². The van der Waals surface area contributed by atoms with Gasteiger partial charge in [0.2, 0.25) is 0 Å². The highest BCUT2D eigenvalue weighted by atomic mass is 32.1. The fourth-order valence-electron chi connectivity index (χ4n) is 0.293. The van der Waals surface area contributed by atoms with Crippen molar-refractivity contribution in [2.45, 2.75) is 0 Å². The van der Waals surface area contributed by atoms with Gasteiger partial charge >= 0.3 is 0 Å². The van der Waals surface area contributed by atoms with Crippen LogP contribution in [0.2, 0.25) is 0 Å². The molecular weight excluding hydrogens is 130 g/mol. The Kier molecular flexibility index (Phi) is 6.41. The number of rotatable bonds is 4. The van der Waals surface area contributed by atoms with Gasteiger partial charge in [0.1, 0.15) is 0 Å². The Morgan fingerprint density at radius 3 is 2.56 bits per heavy atom. The summed E-state index contributed by atoms with van der Waals surface area (Å²) < 4.78 is 0. The predicted molar refractivity (Wildman–Crippen MR) is 45.3 cm³/mol. The van der Waals surface area contributed by atoms with Gasteiger partial charge in [0.05, 0.1) is 5.49 Å². The number of thiocarbonyl (C=S) groups is 1. The molecule has 0 unspecified atom stereocenters. The van der Waals surface area contributed by atoms with Gasteiger partial charge in [-0.25, -0.2) is 0 Å². The minimum atomic E-state index is 1.44. The fourth-order valence-corrected chi connectivity index (χ4v) is 0.372. The summed E-state index contributed by atoms with van der Waals surface area (Å²) in [4.78, 5) is 0. The predicted octanol–water partition coefficient (Wildman–Crippen LogP) is 1.79. The lowest BCUT2D eigenvalue weighted by molar-refractivity contribution is 1.35. The molecule has 0 atom stereocenters. The first-order valence-electron chi connectivity index (χ1n) is 2.55. The van der Waals surface area contributed by atoms with Crippen molar-refractivity contribution in [2.75, 3.05) is 0 Å². The summed E-state index contributed by atoms with van der Waals surface area (Å²) in [6, 6.07) is 0. The van der Waals surface area contributed by atoms with Gasteiger partial charge in [-0.3, -0.25) is 0 Å². The maximum atomic E-state index is 4.50. The molecule has 0 aromatic heterocycles. The van der Waals surface area contributed by atoms with Crippen LogP contribution in [0.5, 0.6) is 0 Å². The third-order valence-corrected chi connectivity index (χ3v) is 0.755. The first kappa shape index (κ1) is 8.11. The lowest BCUT2D eigenvalue weighted by Gasteiger charge is -1.79. The summed E-state index contributed by atoms with van der Waals surface area (Å²) >= 11 is 4.50. The van der Waals surface area contributed by atoms with Crippen LogP contribution in [-0.2, 0) is 0 Å². The molecule has 0 bridgehead atoms. The van der Waals surface area contributed by atoms with Crippen molar-refractivity contribution in [2.24, 2.45) is 0 Å². The highest BCUT2D eigenvalue weighted by Crippen LogP contribution is 1.73. The van der Waals surface area contributed by atoms with Crippen LogP contribution in [0, 0.1) is 0 Å². The molecule has 48 valence electrons. The Hall–Kier alpha value is -0.890. The topological polar surface area (TPSA) is 12.0 Å². The zero-order valence-corrected chi connectivity index (χ0v) is 5.90. The van der Waals surface area contributed by atoms with E-state index in [0.29, 0.717) is 0 Å². The molecule has 0 saturated heterocycles. The van der Waals surface area contributed by atoms with Crippen LogP contribution in [0.3, 0.4) is 0 Å². The van der Waals surface area contributed by atoms with Crippen LogP contribution in [-0.4, -0.2) is 5.49 Å². The van der Waals surface area contributed by atoms with E-state index in [1.54, 1.807) is 12.3 Å². The quantitative estimate of drug-likeness (QED) is 0.470. The van der Waals surface area contributed by atoms with Gasteiger partial charge < -0.3 is 5.32 Å². The second-order valence-electron chi connectivity index (χ2n) is 1.26. The molecule has 9 heavy (non-hydrogen) atoms. The first-order chi connectivity index (χ1) is 4.41. The van der Waals surface area contributed by atoms with E-state index in [2.05, 4.69) is 24.1 Å². The van der Waals surface area contributed by atoms with Gasteiger partial charge in [-0.05, 0) is 6.08 Å². The van der Waals surface area contributed by atoms with Crippen molar-refractivity contribution in [3.8, 4) is 0 Å². The van der Waals surface area contributed by atoms with Crippen LogP contribution in [0.25, 0.3) is 0 Å². The molecule has 0 fully saturated rings. The molecule has 0 aliphatic carbocycles. The molecule has 0 aliphatic rings. The van der Waals surface area contributed by atoms with Crippen LogP contribution >= 0.6 is 12.2 Å². The van der Waals surface area contributed by atoms with Gasteiger partial charge in [-0.1, -0.05) is 37.0 Å². The molecule has 0 heterocycles. The smallest absolute Gasteiger partial charge is 0.0654 e. The molecule has 0 aromatic carbocycles. The minimum Gasteiger partial charge on any atom is -0.359 e. The van der Waals surface area contributed by atoms with E-state index in [9.17, 15) is 0 Å². The van der Waals surface area contributed by atoms with Crippen LogP contribution in [0.1, 0.15) is 0 Å². The number of hydrogen-bond donors (Lipinski definition) is 1. The highest BCUT2D eigenvalue weighted by Gasteiger charge is 1.59. The summed E-state index contributed by atoms with van der Waals surface area (Å²) in [6.07, 6.45) is 8.99. The summed E-state index contributed by atoms with van der Waals surface area (Å²) in [5.74, 6) is 0. The number of hydrogen-bond acceptors (Lipinski definition) is 1. The van der Waals surface area contributed by atoms with Gasteiger partial charge in [0.25, 0.3) is 0 Å². The molecule has 0 amide bonds.